The van der Waals surface area contributed by atoms with Crippen molar-refractivity contribution in [2.75, 3.05) is 0 Å². The number of hydrogen-bond acceptors (Lipinski definition) is 0. The largest absolute Gasteiger partial charge is 0.101 e. The van der Waals surface area contributed by atoms with Crippen LogP contribution >= 0.6 is 0 Å². The zero-order chi connectivity index (χ0) is 21.3. The summed E-state index contributed by atoms with van der Waals surface area (Å²) >= 11 is 0. The third-order valence-corrected chi connectivity index (χ3v) is 14.3. The minimum atomic E-state index is -1.87. The highest BCUT2D eigenvalue weighted by atomic mass is 28.3. The Hall–Kier alpha value is -1.08. The average Bonchev–Trinajstić information content (AvgIpc) is 2.83. The smallest absolute Gasteiger partial charge is 0.0737 e. The van der Waals surface area contributed by atoms with Gasteiger partial charge in [0.2, 0.25) is 0 Å². The first-order valence-corrected chi connectivity index (χ1v) is 13.9. The van der Waals surface area contributed by atoms with Gasteiger partial charge in [-0.3, -0.25) is 0 Å². The quantitative estimate of drug-likeness (QED) is 0.393. The number of allylic oxidation sites excluding steroid dienone is 4. The van der Waals surface area contributed by atoms with Crippen molar-refractivity contribution in [2.24, 2.45) is 11.8 Å². The fourth-order valence-corrected chi connectivity index (χ4v) is 12.9. The van der Waals surface area contributed by atoms with Gasteiger partial charge in [-0.25, -0.2) is 0 Å². The molecule has 1 unspecified atom stereocenters. The summed E-state index contributed by atoms with van der Waals surface area (Å²) < 4.78 is 0. The Balaban J connectivity index is 2.87. The number of hydrogen-bond donors (Lipinski definition) is 0. The van der Waals surface area contributed by atoms with Crippen molar-refractivity contribution < 1.29 is 0 Å². The maximum atomic E-state index is 2.67. The van der Waals surface area contributed by atoms with Gasteiger partial charge in [-0.1, -0.05) is 89.1 Å². The molecule has 1 aliphatic rings. The summed E-state index contributed by atoms with van der Waals surface area (Å²) in [5.41, 5.74) is 7.73. The first-order chi connectivity index (χ1) is 13.0. The van der Waals surface area contributed by atoms with Gasteiger partial charge in [-0.05, 0) is 74.2 Å². The first-order valence-electron chi connectivity index (χ1n) is 11.5. The number of rotatable bonds is 8. The second-order valence-electron chi connectivity index (χ2n) is 10.3. The van der Waals surface area contributed by atoms with E-state index in [9.17, 15) is 0 Å². The molecule has 0 radical (unpaired) electrons. The molecule has 1 aromatic carbocycles. The lowest BCUT2D eigenvalue weighted by Crippen LogP contribution is -2.58. The van der Waals surface area contributed by atoms with Crippen LogP contribution in [0.1, 0.15) is 80.4 Å². The van der Waals surface area contributed by atoms with Crippen LogP contribution in [0.25, 0.3) is 0 Å². The highest BCUT2D eigenvalue weighted by Crippen LogP contribution is 2.57. The van der Waals surface area contributed by atoms with Gasteiger partial charge in [0.25, 0.3) is 0 Å². The molecule has 0 bridgehead atoms. The summed E-state index contributed by atoms with van der Waals surface area (Å²) in [6.45, 7) is 24.1. The molecule has 0 N–H and O–H groups in total. The van der Waals surface area contributed by atoms with Crippen molar-refractivity contribution in [3.05, 3.63) is 52.1 Å². The van der Waals surface area contributed by atoms with Crippen LogP contribution in [-0.4, -0.2) is 8.07 Å². The van der Waals surface area contributed by atoms with Gasteiger partial charge in [-0.2, -0.15) is 0 Å². The predicted molar refractivity (Wildman–Crippen MR) is 130 cm³/mol. The van der Waals surface area contributed by atoms with Crippen LogP contribution in [0.3, 0.4) is 0 Å². The highest BCUT2D eigenvalue weighted by Gasteiger charge is 2.53. The highest BCUT2D eigenvalue weighted by molar-refractivity contribution is 6.95. The van der Waals surface area contributed by atoms with Crippen LogP contribution in [0.5, 0.6) is 0 Å². The van der Waals surface area contributed by atoms with E-state index in [1.807, 2.05) is 0 Å². The minimum Gasteiger partial charge on any atom is -0.0737 e. The van der Waals surface area contributed by atoms with E-state index in [0.717, 1.165) is 24.7 Å². The molecule has 1 atom stereocenters. The van der Waals surface area contributed by atoms with Crippen molar-refractivity contribution in [1.29, 1.82) is 0 Å². The molecule has 0 heterocycles. The second kappa shape index (κ2) is 8.74. The van der Waals surface area contributed by atoms with Crippen LogP contribution in [0, 0.1) is 11.8 Å². The lowest BCUT2D eigenvalue weighted by Gasteiger charge is -2.48. The van der Waals surface area contributed by atoms with E-state index in [0.29, 0.717) is 0 Å². The molecule has 0 saturated heterocycles. The molecule has 1 aliphatic carbocycles. The summed E-state index contributed by atoms with van der Waals surface area (Å²) in [4.78, 5) is 0. The summed E-state index contributed by atoms with van der Waals surface area (Å²) in [5.74, 6) is 1.44. The van der Waals surface area contributed by atoms with Gasteiger partial charge in [0.05, 0.1) is 0 Å². The van der Waals surface area contributed by atoms with Gasteiger partial charge in [0, 0.05) is 5.04 Å². The van der Waals surface area contributed by atoms with Gasteiger partial charge in [-0.15, -0.1) is 0 Å². The van der Waals surface area contributed by atoms with E-state index in [-0.39, 0.29) is 5.04 Å². The molecular formula is C27H44Si. The van der Waals surface area contributed by atoms with E-state index in [4.69, 9.17) is 0 Å². The Morgan fingerprint density at radius 3 is 1.61 bits per heavy atom. The van der Waals surface area contributed by atoms with E-state index in [1.54, 1.807) is 10.8 Å². The molecule has 1 heteroatoms. The fourth-order valence-electron chi connectivity index (χ4n) is 5.72. The van der Waals surface area contributed by atoms with Gasteiger partial charge >= 0.3 is 0 Å². The molecule has 0 saturated carbocycles. The van der Waals surface area contributed by atoms with Gasteiger partial charge in [0.15, 0.2) is 0 Å². The lowest BCUT2D eigenvalue weighted by atomic mass is 10.0. The topological polar surface area (TPSA) is 0 Å². The molecule has 2 rings (SSSR count). The first kappa shape index (κ1) is 23.2. The molecule has 0 nitrogen and oxygen atoms in total. The third kappa shape index (κ3) is 4.11. The zero-order valence-corrected chi connectivity index (χ0v) is 21.3. The molecule has 1 aromatic rings. The molecule has 0 aromatic heterocycles. The SMILES string of the molecule is CCc1cc(CC)cc([Si](CC(C)C)(CC(C)C)C2(C)C=C(C)C(C)=C2C)c1. The van der Waals surface area contributed by atoms with Crippen LogP contribution in [-0.2, 0) is 12.8 Å². The maximum Gasteiger partial charge on any atom is 0.101 e. The van der Waals surface area contributed by atoms with E-state index in [2.05, 4.69) is 93.5 Å². The summed E-state index contributed by atoms with van der Waals surface area (Å²) in [6, 6.07) is 10.4. The predicted octanol–water partition coefficient (Wildman–Crippen LogP) is 7.84. The van der Waals surface area contributed by atoms with Crippen molar-refractivity contribution in [1.82, 2.24) is 0 Å². The second-order valence-corrected chi connectivity index (χ2v) is 14.9. The maximum absolute atomic E-state index is 2.67. The Kier molecular flexibility index (Phi) is 7.24. The van der Waals surface area contributed by atoms with Crippen LogP contribution in [0.15, 0.2) is 41.0 Å². The Bertz CT molecular complexity index is 730. The summed E-state index contributed by atoms with van der Waals surface area (Å²) in [5, 5.41) is 1.93. The molecular weight excluding hydrogens is 352 g/mol. The third-order valence-electron chi connectivity index (χ3n) is 7.37. The number of benzene rings is 1. The van der Waals surface area contributed by atoms with Crippen molar-refractivity contribution in [3.8, 4) is 0 Å². The molecule has 28 heavy (non-hydrogen) atoms. The summed E-state index contributed by atoms with van der Waals surface area (Å²) in [7, 11) is -1.87. The van der Waals surface area contributed by atoms with E-state index >= 15 is 0 Å². The molecule has 0 amide bonds. The molecule has 156 valence electrons. The molecule has 0 fully saturated rings. The van der Waals surface area contributed by atoms with Crippen LogP contribution in [0.2, 0.25) is 17.1 Å². The monoisotopic (exact) mass is 396 g/mol. The number of aryl methyl sites for hydroxylation is 2. The van der Waals surface area contributed by atoms with Gasteiger partial charge in [0.1, 0.15) is 8.07 Å². The van der Waals surface area contributed by atoms with E-state index < -0.39 is 8.07 Å². The average molecular weight is 397 g/mol. The minimum absolute atomic E-state index is 0.215. The van der Waals surface area contributed by atoms with Gasteiger partial charge < -0.3 is 0 Å². The molecule has 0 aliphatic heterocycles. The van der Waals surface area contributed by atoms with Crippen LogP contribution < -0.4 is 5.19 Å². The normalized spacial score (nSPS) is 20.5. The van der Waals surface area contributed by atoms with E-state index in [1.165, 1.54) is 34.4 Å². The fraction of sp³-hybridized carbons (Fsp3) is 0.630. The van der Waals surface area contributed by atoms with Crippen LogP contribution in [0.4, 0.5) is 0 Å². The lowest BCUT2D eigenvalue weighted by molar-refractivity contribution is 0.653. The van der Waals surface area contributed by atoms with Crippen molar-refractivity contribution >= 4 is 13.3 Å². The summed E-state index contributed by atoms with van der Waals surface area (Å²) in [6.07, 6.45) is 4.93. The van der Waals surface area contributed by atoms with Crippen molar-refractivity contribution in [2.45, 2.75) is 99.2 Å². The molecule has 0 spiro atoms. The Morgan fingerprint density at radius 2 is 1.29 bits per heavy atom. The zero-order valence-electron chi connectivity index (χ0n) is 20.3. The Labute approximate surface area is 176 Å². The Morgan fingerprint density at radius 1 is 0.821 bits per heavy atom. The van der Waals surface area contributed by atoms with Crippen molar-refractivity contribution in [3.63, 3.8) is 0 Å². The standard InChI is InChI=1S/C27H44Si/c1-11-24-13-25(12-2)15-26(14-24)28(17-19(3)4,18-20(5)6)27(10)16-21(7)22(8)23(27)9/h13-16,19-20H,11-12,17-18H2,1-10H3.